The topological polar surface area (TPSA) is 63.2 Å². The van der Waals surface area contributed by atoms with Crippen LogP contribution >= 0.6 is 11.6 Å². The molecular weight excluding hydrogens is 374 g/mol. The van der Waals surface area contributed by atoms with Gasteiger partial charge in [-0.2, -0.15) is 0 Å². The van der Waals surface area contributed by atoms with E-state index >= 15 is 0 Å². The molecule has 1 amide bonds. The number of nitrogens with one attached hydrogen (secondary N) is 2. The van der Waals surface area contributed by atoms with Gasteiger partial charge in [0.2, 0.25) is 0 Å². The molecule has 142 valence electrons. The first-order valence-electron chi connectivity index (χ1n) is 9.17. The van der Waals surface area contributed by atoms with Crippen LogP contribution in [-0.2, 0) is 6.61 Å². The number of halogens is 1. The number of carbonyl (C=O) groups excluding carboxylic acids is 1. The van der Waals surface area contributed by atoms with E-state index in [1.165, 1.54) is 0 Å². The molecule has 4 rings (SSSR count). The number of anilines is 2. The third-order valence-electron chi connectivity index (χ3n) is 4.38. The quantitative estimate of drug-likeness (QED) is 0.596. The minimum Gasteiger partial charge on any atom is -0.489 e. The molecule has 1 saturated carbocycles. The Bertz CT molecular complexity index is 937. The average molecular weight is 394 g/mol. The molecule has 1 heterocycles. The standard InChI is InChI=1S/C22H20ClN3O2/c23-17-4-1-15(2-5-17)14-28-20-10-8-18(9-11-20)25-21-12-3-16(13-24-21)22(27)26-19-6-7-19/h1-5,8-13,19H,6-7,14H2,(H,24,25)(H,26,27). The summed E-state index contributed by atoms with van der Waals surface area (Å²) in [5, 5.41) is 6.88. The fraction of sp³-hybridized carbons (Fsp3) is 0.182. The highest BCUT2D eigenvalue weighted by molar-refractivity contribution is 6.30. The molecule has 2 N–H and O–H groups in total. The predicted octanol–water partition coefficient (Wildman–Crippen LogP) is 4.95. The largest absolute Gasteiger partial charge is 0.489 e. The first-order chi connectivity index (χ1) is 13.7. The molecule has 1 fully saturated rings. The van der Waals surface area contributed by atoms with E-state index in [1.54, 1.807) is 18.3 Å². The summed E-state index contributed by atoms with van der Waals surface area (Å²) in [6.45, 7) is 0.482. The molecule has 0 radical (unpaired) electrons. The van der Waals surface area contributed by atoms with E-state index < -0.39 is 0 Å². The molecule has 0 aliphatic heterocycles. The number of hydrogen-bond acceptors (Lipinski definition) is 4. The molecule has 5 nitrogen and oxygen atoms in total. The molecule has 0 unspecified atom stereocenters. The van der Waals surface area contributed by atoms with Crippen LogP contribution in [0.1, 0.15) is 28.8 Å². The summed E-state index contributed by atoms with van der Waals surface area (Å²) in [4.78, 5) is 16.3. The van der Waals surface area contributed by atoms with Crippen molar-refractivity contribution in [2.24, 2.45) is 0 Å². The van der Waals surface area contributed by atoms with Gasteiger partial charge in [-0.15, -0.1) is 0 Å². The average Bonchev–Trinajstić information content (AvgIpc) is 3.53. The molecule has 0 bridgehead atoms. The maximum atomic E-state index is 12.0. The second kappa shape index (κ2) is 8.31. The Kier molecular flexibility index (Phi) is 5.44. The maximum absolute atomic E-state index is 12.0. The van der Waals surface area contributed by atoms with Gasteiger partial charge in [0.05, 0.1) is 5.56 Å². The summed E-state index contributed by atoms with van der Waals surface area (Å²) in [5.74, 6) is 1.39. The van der Waals surface area contributed by atoms with E-state index in [4.69, 9.17) is 16.3 Å². The maximum Gasteiger partial charge on any atom is 0.253 e. The minimum absolute atomic E-state index is 0.0660. The van der Waals surface area contributed by atoms with Crippen molar-refractivity contribution in [1.82, 2.24) is 10.3 Å². The van der Waals surface area contributed by atoms with Crippen LogP contribution < -0.4 is 15.4 Å². The fourth-order valence-electron chi connectivity index (χ4n) is 2.63. The fourth-order valence-corrected chi connectivity index (χ4v) is 2.75. The Balaban J connectivity index is 1.31. The molecule has 1 aliphatic carbocycles. The van der Waals surface area contributed by atoms with Crippen molar-refractivity contribution < 1.29 is 9.53 Å². The summed E-state index contributed by atoms with van der Waals surface area (Å²) < 4.78 is 5.78. The number of nitrogens with zero attached hydrogens (tertiary/aromatic N) is 1. The zero-order chi connectivity index (χ0) is 19.3. The lowest BCUT2D eigenvalue weighted by Crippen LogP contribution is -2.25. The summed E-state index contributed by atoms with van der Waals surface area (Å²) in [6.07, 6.45) is 3.72. The normalized spacial score (nSPS) is 13.0. The van der Waals surface area contributed by atoms with Crippen LogP contribution in [0.5, 0.6) is 5.75 Å². The summed E-state index contributed by atoms with van der Waals surface area (Å²) in [7, 11) is 0. The monoisotopic (exact) mass is 393 g/mol. The molecular formula is C22H20ClN3O2. The Morgan fingerprint density at radius 1 is 1.04 bits per heavy atom. The molecule has 0 atom stereocenters. The van der Waals surface area contributed by atoms with Gasteiger partial charge in [-0.3, -0.25) is 4.79 Å². The van der Waals surface area contributed by atoms with Crippen molar-refractivity contribution in [2.75, 3.05) is 5.32 Å². The van der Waals surface area contributed by atoms with Crippen molar-refractivity contribution in [3.63, 3.8) is 0 Å². The number of rotatable bonds is 7. The van der Waals surface area contributed by atoms with Gasteiger partial charge in [0.1, 0.15) is 18.2 Å². The smallest absolute Gasteiger partial charge is 0.253 e. The number of hydrogen-bond donors (Lipinski definition) is 2. The highest BCUT2D eigenvalue weighted by Gasteiger charge is 2.23. The lowest BCUT2D eigenvalue weighted by atomic mass is 10.2. The van der Waals surface area contributed by atoms with Gasteiger partial charge in [0, 0.05) is 22.9 Å². The summed E-state index contributed by atoms with van der Waals surface area (Å²) in [5.41, 5.74) is 2.52. The van der Waals surface area contributed by atoms with E-state index in [2.05, 4.69) is 15.6 Å². The molecule has 28 heavy (non-hydrogen) atoms. The molecule has 3 aromatic rings. The van der Waals surface area contributed by atoms with Crippen molar-refractivity contribution in [3.8, 4) is 5.75 Å². The van der Waals surface area contributed by atoms with E-state index in [1.807, 2.05) is 48.5 Å². The van der Waals surface area contributed by atoms with Crippen molar-refractivity contribution in [1.29, 1.82) is 0 Å². The van der Waals surface area contributed by atoms with Crippen LogP contribution in [0.15, 0.2) is 66.9 Å². The zero-order valence-electron chi connectivity index (χ0n) is 15.2. The van der Waals surface area contributed by atoms with E-state index in [0.717, 1.165) is 29.8 Å². The van der Waals surface area contributed by atoms with E-state index in [0.29, 0.717) is 29.1 Å². The van der Waals surface area contributed by atoms with Crippen molar-refractivity contribution >= 4 is 29.0 Å². The highest BCUT2D eigenvalue weighted by atomic mass is 35.5. The second-order valence-electron chi connectivity index (χ2n) is 6.74. The number of carbonyl (C=O) groups is 1. The van der Waals surface area contributed by atoms with Crippen molar-refractivity contribution in [3.05, 3.63) is 83.0 Å². The number of aromatic nitrogens is 1. The predicted molar refractivity (Wildman–Crippen MR) is 110 cm³/mol. The molecule has 0 saturated heterocycles. The van der Waals surface area contributed by atoms with Crippen LogP contribution in [0.2, 0.25) is 5.02 Å². The molecule has 1 aliphatic rings. The lowest BCUT2D eigenvalue weighted by Gasteiger charge is -2.09. The van der Waals surface area contributed by atoms with E-state index in [-0.39, 0.29) is 5.91 Å². The van der Waals surface area contributed by atoms with Gasteiger partial charge < -0.3 is 15.4 Å². The SMILES string of the molecule is O=C(NC1CC1)c1ccc(Nc2ccc(OCc3ccc(Cl)cc3)cc2)nc1. The van der Waals surface area contributed by atoms with Gasteiger partial charge in [-0.05, 0) is 66.9 Å². The van der Waals surface area contributed by atoms with Gasteiger partial charge in [-0.1, -0.05) is 23.7 Å². The van der Waals surface area contributed by atoms with Crippen LogP contribution in [0.3, 0.4) is 0 Å². The number of amides is 1. The van der Waals surface area contributed by atoms with Gasteiger partial charge in [0.15, 0.2) is 0 Å². The number of benzene rings is 2. The number of pyridine rings is 1. The minimum atomic E-state index is -0.0660. The molecule has 0 spiro atoms. The Morgan fingerprint density at radius 3 is 2.43 bits per heavy atom. The zero-order valence-corrected chi connectivity index (χ0v) is 15.9. The summed E-state index contributed by atoms with van der Waals surface area (Å²) >= 11 is 5.89. The van der Waals surface area contributed by atoms with Crippen LogP contribution in [0.25, 0.3) is 0 Å². The Hall–Kier alpha value is -3.05. The van der Waals surface area contributed by atoms with Crippen LogP contribution in [-0.4, -0.2) is 16.9 Å². The Morgan fingerprint density at radius 2 is 1.79 bits per heavy atom. The summed E-state index contributed by atoms with van der Waals surface area (Å²) in [6, 6.07) is 19.1. The molecule has 2 aromatic carbocycles. The first kappa shape index (κ1) is 18.3. The van der Waals surface area contributed by atoms with Gasteiger partial charge in [-0.25, -0.2) is 4.98 Å². The lowest BCUT2D eigenvalue weighted by molar-refractivity contribution is 0.0951. The van der Waals surface area contributed by atoms with Crippen LogP contribution in [0.4, 0.5) is 11.5 Å². The van der Waals surface area contributed by atoms with Crippen molar-refractivity contribution in [2.45, 2.75) is 25.5 Å². The van der Waals surface area contributed by atoms with Gasteiger partial charge in [0.25, 0.3) is 5.91 Å². The third-order valence-corrected chi connectivity index (χ3v) is 4.64. The number of ether oxygens (including phenoxy) is 1. The van der Waals surface area contributed by atoms with Gasteiger partial charge >= 0.3 is 0 Å². The van der Waals surface area contributed by atoms with E-state index in [9.17, 15) is 4.79 Å². The first-order valence-corrected chi connectivity index (χ1v) is 9.55. The third kappa shape index (κ3) is 5.02. The second-order valence-corrected chi connectivity index (χ2v) is 7.18. The molecule has 1 aromatic heterocycles. The highest BCUT2D eigenvalue weighted by Crippen LogP contribution is 2.21. The van der Waals surface area contributed by atoms with Crippen LogP contribution in [0, 0.1) is 0 Å². The molecule has 6 heteroatoms. The Labute approximate surface area is 168 Å².